The summed E-state index contributed by atoms with van der Waals surface area (Å²) >= 11 is 0. The molecule has 15 heavy (non-hydrogen) atoms. The Labute approximate surface area is 86.9 Å². The molecule has 2 N–H and O–H groups in total. The molecule has 6 nitrogen and oxygen atoms in total. The van der Waals surface area contributed by atoms with Crippen LogP contribution in [0.3, 0.4) is 0 Å². The number of benzene rings is 1. The smallest absolute Gasteiger partial charge is 0.258 e. The number of hydrogen-bond acceptors (Lipinski definition) is 4. The van der Waals surface area contributed by atoms with E-state index in [9.17, 15) is 18.5 Å². The zero-order chi connectivity index (χ0) is 11.8. The highest BCUT2D eigenvalue weighted by molar-refractivity contribution is 7.89. The molecule has 82 valence electrons. The van der Waals surface area contributed by atoms with Gasteiger partial charge in [-0.2, -0.15) is 0 Å². The number of sulfonamides is 1. The predicted molar refractivity (Wildman–Crippen MR) is 53.9 cm³/mol. The molecule has 0 radical (unpaired) electrons. The van der Waals surface area contributed by atoms with Crippen molar-refractivity contribution >= 4 is 15.7 Å². The van der Waals surface area contributed by atoms with Gasteiger partial charge in [0.15, 0.2) is 4.90 Å². The maximum Gasteiger partial charge on any atom is 0.289 e. The van der Waals surface area contributed by atoms with E-state index in [-0.39, 0.29) is 0 Å². The van der Waals surface area contributed by atoms with E-state index >= 15 is 0 Å². The molecular weight excluding hydrogens is 220 g/mol. The molecule has 7 heteroatoms. The van der Waals surface area contributed by atoms with Gasteiger partial charge in [-0.25, -0.2) is 13.6 Å². The Kier molecular flexibility index (Phi) is 2.78. The molecule has 0 aliphatic rings. The summed E-state index contributed by atoms with van der Waals surface area (Å²) in [5.74, 6) is 0. The SMILES string of the molecule is Cc1cc([N+](=O)[O-])c(S(N)(=O)=O)cc1C. The van der Waals surface area contributed by atoms with Crippen molar-refractivity contribution in [3.8, 4) is 0 Å². The van der Waals surface area contributed by atoms with Crippen molar-refractivity contribution in [3.63, 3.8) is 0 Å². The Morgan fingerprint density at radius 3 is 2.13 bits per heavy atom. The van der Waals surface area contributed by atoms with Gasteiger partial charge in [0, 0.05) is 6.07 Å². The van der Waals surface area contributed by atoms with Crippen LogP contribution in [-0.2, 0) is 10.0 Å². The summed E-state index contributed by atoms with van der Waals surface area (Å²) in [5.41, 5.74) is 0.805. The Bertz CT molecular complexity index is 522. The maximum absolute atomic E-state index is 11.1. The van der Waals surface area contributed by atoms with Gasteiger partial charge in [-0.05, 0) is 31.0 Å². The monoisotopic (exact) mass is 230 g/mol. The first-order valence-corrected chi connectivity index (χ1v) is 5.56. The lowest BCUT2D eigenvalue weighted by Gasteiger charge is -2.04. The van der Waals surface area contributed by atoms with Crippen LogP contribution < -0.4 is 5.14 Å². The minimum Gasteiger partial charge on any atom is -0.258 e. The minimum atomic E-state index is -4.06. The fraction of sp³-hybridized carbons (Fsp3) is 0.250. The molecule has 0 heterocycles. The van der Waals surface area contributed by atoms with E-state index in [1.165, 1.54) is 12.1 Å². The summed E-state index contributed by atoms with van der Waals surface area (Å²) in [6.07, 6.45) is 0. The number of nitrogens with two attached hydrogens (primary N) is 1. The lowest BCUT2D eigenvalue weighted by molar-refractivity contribution is -0.387. The molecule has 1 aromatic rings. The van der Waals surface area contributed by atoms with Gasteiger partial charge in [0.25, 0.3) is 5.69 Å². The molecule has 0 fully saturated rings. The summed E-state index contributed by atoms with van der Waals surface area (Å²) in [6.45, 7) is 3.32. The normalized spacial score (nSPS) is 11.4. The lowest BCUT2D eigenvalue weighted by atomic mass is 10.1. The topological polar surface area (TPSA) is 103 Å². The van der Waals surface area contributed by atoms with Crippen LogP contribution in [0.1, 0.15) is 11.1 Å². The van der Waals surface area contributed by atoms with Gasteiger partial charge in [0.2, 0.25) is 10.0 Å². The molecule has 0 saturated carbocycles. The number of nitro groups is 1. The van der Waals surface area contributed by atoms with E-state index in [1.54, 1.807) is 13.8 Å². The third kappa shape index (κ3) is 2.31. The first-order chi connectivity index (χ1) is 6.73. The molecule has 0 bridgehead atoms. The Morgan fingerprint density at radius 2 is 1.73 bits per heavy atom. The fourth-order valence-corrected chi connectivity index (χ4v) is 1.91. The Hall–Kier alpha value is -1.47. The highest BCUT2D eigenvalue weighted by atomic mass is 32.2. The second kappa shape index (κ2) is 3.59. The number of primary sulfonamides is 1. The number of nitrogens with zero attached hydrogens (tertiary/aromatic N) is 1. The zero-order valence-corrected chi connectivity index (χ0v) is 9.04. The van der Waals surface area contributed by atoms with Gasteiger partial charge in [0.05, 0.1) is 4.92 Å². The van der Waals surface area contributed by atoms with Gasteiger partial charge < -0.3 is 0 Å². The van der Waals surface area contributed by atoms with Crippen LogP contribution in [0.2, 0.25) is 0 Å². The van der Waals surface area contributed by atoms with Crippen molar-refractivity contribution in [2.45, 2.75) is 18.7 Å². The van der Waals surface area contributed by atoms with Crippen LogP contribution >= 0.6 is 0 Å². The van der Waals surface area contributed by atoms with Gasteiger partial charge in [-0.3, -0.25) is 10.1 Å². The van der Waals surface area contributed by atoms with E-state index in [0.717, 1.165) is 0 Å². The van der Waals surface area contributed by atoms with E-state index in [1.807, 2.05) is 0 Å². The molecule has 1 aromatic carbocycles. The van der Waals surface area contributed by atoms with E-state index in [2.05, 4.69) is 0 Å². The third-order valence-electron chi connectivity index (χ3n) is 2.08. The number of aryl methyl sites for hydroxylation is 2. The number of nitro benzene ring substituents is 1. The highest BCUT2D eigenvalue weighted by Gasteiger charge is 2.23. The van der Waals surface area contributed by atoms with Crippen LogP contribution in [0.25, 0.3) is 0 Å². The molecule has 0 atom stereocenters. The second-order valence-corrected chi connectivity index (χ2v) is 4.74. The van der Waals surface area contributed by atoms with Crippen LogP contribution in [0.15, 0.2) is 17.0 Å². The van der Waals surface area contributed by atoms with Crippen molar-refractivity contribution in [2.75, 3.05) is 0 Å². The molecule has 0 saturated heterocycles. The third-order valence-corrected chi connectivity index (χ3v) is 3.02. The molecule has 0 spiro atoms. The summed E-state index contributed by atoms with van der Waals surface area (Å²) < 4.78 is 22.2. The molecule has 0 aliphatic carbocycles. The maximum atomic E-state index is 11.1. The molecule has 0 aliphatic heterocycles. The first-order valence-electron chi connectivity index (χ1n) is 4.02. The summed E-state index contributed by atoms with van der Waals surface area (Å²) in [6, 6.07) is 2.41. The van der Waals surface area contributed by atoms with E-state index < -0.39 is 25.5 Å². The largest absolute Gasteiger partial charge is 0.289 e. The molecule has 0 unspecified atom stereocenters. The molecule has 0 amide bonds. The standard InChI is InChI=1S/C8H10N2O4S/c1-5-3-7(10(11)12)8(4-6(5)2)15(9,13)14/h3-4H,1-2H3,(H2,9,13,14). The second-order valence-electron chi connectivity index (χ2n) is 3.21. The predicted octanol–water partition coefficient (Wildman–Crippen LogP) is 0.859. The van der Waals surface area contributed by atoms with Crippen molar-refractivity contribution in [1.29, 1.82) is 0 Å². The molecular formula is C8H10N2O4S. The average Bonchev–Trinajstić information content (AvgIpc) is 2.06. The quantitative estimate of drug-likeness (QED) is 0.601. The molecule has 1 rings (SSSR count). The van der Waals surface area contributed by atoms with Crippen molar-refractivity contribution < 1.29 is 13.3 Å². The number of hydrogen-bond donors (Lipinski definition) is 1. The molecule has 0 aromatic heterocycles. The van der Waals surface area contributed by atoms with Crippen LogP contribution in [0, 0.1) is 24.0 Å². The number of rotatable bonds is 2. The van der Waals surface area contributed by atoms with Crippen LogP contribution in [0.5, 0.6) is 0 Å². The Morgan fingerprint density at radius 1 is 1.27 bits per heavy atom. The zero-order valence-electron chi connectivity index (χ0n) is 8.22. The lowest BCUT2D eigenvalue weighted by Crippen LogP contribution is -2.14. The van der Waals surface area contributed by atoms with Crippen molar-refractivity contribution in [3.05, 3.63) is 33.4 Å². The van der Waals surface area contributed by atoms with Crippen LogP contribution in [-0.4, -0.2) is 13.3 Å². The van der Waals surface area contributed by atoms with E-state index in [4.69, 9.17) is 5.14 Å². The first kappa shape index (κ1) is 11.6. The fourth-order valence-electron chi connectivity index (χ4n) is 1.15. The Balaban J connectivity index is 3.64. The van der Waals surface area contributed by atoms with Crippen molar-refractivity contribution in [1.82, 2.24) is 0 Å². The highest BCUT2D eigenvalue weighted by Crippen LogP contribution is 2.25. The summed E-state index contributed by atoms with van der Waals surface area (Å²) in [5, 5.41) is 15.5. The minimum absolute atomic E-state index is 0.449. The summed E-state index contributed by atoms with van der Waals surface area (Å²) in [7, 11) is -4.06. The van der Waals surface area contributed by atoms with Gasteiger partial charge in [-0.15, -0.1) is 0 Å². The van der Waals surface area contributed by atoms with E-state index in [0.29, 0.717) is 11.1 Å². The average molecular weight is 230 g/mol. The van der Waals surface area contributed by atoms with Crippen molar-refractivity contribution in [2.24, 2.45) is 5.14 Å². The summed E-state index contributed by atoms with van der Waals surface area (Å²) in [4.78, 5) is 9.41. The van der Waals surface area contributed by atoms with Gasteiger partial charge in [-0.1, -0.05) is 0 Å². The van der Waals surface area contributed by atoms with Gasteiger partial charge in [0.1, 0.15) is 0 Å². The van der Waals surface area contributed by atoms with Crippen LogP contribution in [0.4, 0.5) is 5.69 Å². The van der Waals surface area contributed by atoms with Gasteiger partial charge >= 0.3 is 0 Å².